The molecule has 0 saturated heterocycles. The molecule has 5 heteroatoms. The molecule has 1 heterocycles. The first kappa shape index (κ1) is 16.7. The Bertz CT molecular complexity index is 760. The Balaban J connectivity index is 1.67. The molecule has 2 aromatic carbocycles. The average molecular weight is 343 g/mol. The molecule has 0 radical (unpaired) electrons. The number of ether oxygens (including phenoxy) is 2. The molecule has 0 bridgehead atoms. The number of rotatable bonds is 4. The Morgan fingerprint density at radius 3 is 2.62 bits per heavy atom. The lowest BCUT2D eigenvalue weighted by Crippen LogP contribution is -2.23. The first-order chi connectivity index (χ1) is 11.5. The molecule has 2 aromatic rings. The second-order valence-electron chi connectivity index (χ2n) is 5.87. The first-order valence-electron chi connectivity index (χ1n) is 7.97. The van der Waals surface area contributed by atoms with Gasteiger partial charge in [-0.3, -0.25) is 4.79 Å². The number of hydrogen-bond donors (Lipinski definition) is 1. The Morgan fingerprint density at radius 2 is 1.83 bits per heavy atom. The van der Waals surface area contributed by atoms with Crippen LogP contribution in [0.15, 0.2) is 41.3 Å². The number of carbonyl (C=O) groups is 1. The van der Waals surface area contributed by atoms with E-state index in [2.05, 4.69) is 5.32 Å². The largest absolute Gasteiger partial charge is 0.486 e. The van der Waals surface area contributed by atoms with Crippen LogP contribution in [0.2, 0.25) is 0 Å². The van der Waals surface area contributed by atoms with E-state index in [0.717, 1.165) is 33.2 Å². The Kier molecular flexibility index (Phi) is 5.00. The summed E-state index contributed by atoms with van der Waals surface area (Å²) in [5, 5.41) is 2.80. The van der Waals surface area contributed by atoms with Crippen molar-refractivity contribution >= 4 is 23.4 Å². The topological polar surface area (TPSA) is 47.6 Å². The van der Waals surface area contributed by atoms with Gasteiger partial charge in [0.05, 0.1) is 5.25 Å². The molecule has 0 saturated carbocycles. The fourth-order valence-electron chi connectivity index (χ4n) is 2.46. The number of fused-ring (bicyclic) bond motifs is 1. The van der Waals surface area contributed by atoms with E-state index in [4.69, 9.17) is 9.47 Å². The molecular weight excluding hydrogens is 322 g/mol. The smallest absolute Gasteiger partial charge is 0.237 e. The summed E-state index contributed by atoms with van der Waals surface area (Å²) in [6, 6.07) is 11.8. The highest BCUT2D eigenvalue weighted by atomic mass is 32.2. The van der Waals surface area contributed by atoms with Gasteiger partial charge in [0.25, 0.3) is 0 Å². The maximum Gasteiger partial charge on any atom is 0.237 e. The normalized spacial score (nSPS) is 14.1. The van der Waals surface area contributed by atoms with Crippen LogP contribution in [0.1, 0.15) is 18.1 Å². The van der Waals surface area contributed by atoms with E-state index in [9.17, 15) is 4.79 Å². The molecule has 1 aliphatic rings. The van der Waals surface area contributed by atoms with Crippen LogP contribution in [-0.2, 0) is 4.79 Å². The van der Waals surface area contributed by atoms with Crippen molar-refractivity contribution in [2.24, 2.45) is 0 Å². The molecule has 1 amide bonds. The molecule has 0 fully saturated rings. The average Bonchev–Trinajstić information content (AvgIpc) is 2.58. The molecule has 1 unspecified atom stereocenters. The second kappa shape index (κ2) is 7.18. The van der Waals surface area contributed by atoms with Gasteiger partial charge in [-0.2, -0.15) is 0 Å². The van der Waals surface area contributed by atoms with Crippen LogP contribution in [0.25, 0.3) is 0 Å². The van der Waals surface area contributed by atoms with Crippen molar-refractivity contribution in [3.63, 3.8) is 0 Å². The fraction of sp³-hybridized carbons (Fsp3) is 0.316. The van der Waals surface area contributed by atoms with Crippen molar-refractivity contribution in [2.45, 2.75) is 30.9 Å². The van der Waals surface area contributed by atoms with Gasteiger partial charge in [-0.05, 0) is 56.2 Å². The highest BCUT2D eigenvalue weighted by molar-refractivity contribution is 8.00. The SMILES string of the molecule is Cc1ccc(C)c(NC(=O)C(C)Sc2ccc3c(c2)OCCO3)c1. The number of nitrogens with one attached hydrogen (secondary N) is 1. The summed E-state index contributed by atoms with van der Waals surface area (Å²) in [6.07, 6.45) is 0. The fourth-order valence-corrected chi connectivity index (χ4v) is 3.36. The minimum atomic E-state index is -0.215. The lowest BCUT2D eigenvalue weighted by molar-refractivity contribution is -0.115. The maximum absolute atomic E-state index is 12.5. The van der Waals surface area contributed by atoms with Crippen LogP contribution in [-0.4, -0.2) is 24.4 Å². The Labute approximate surface area is 146 Å². The molecule has 1 atom stereocenters. The monoisotopic (exact) mass is 343 g/mol. The van der Waals surface area contributed by atoms with Gasteiger partial charge < -0.3 is 14.8 Å². The highest BCUT2D eigenvalue weighted by Gasteiger charge is 2.18. The third-order valence-electron chi connectivity index (χ3n) is 3.85. The number of anilines is 1. The number of carbonyl (C=O) groups excluding carboxylic acids is 1. The van der Waals surface area contributed by atoms with Crippen molar-refractivity contribution in [1.29, 1.82) is 0 Å². The van der Waals surface area contributed by atoms with Crippen LogP contribution < -0.4 is 14.8 Å². The van der Waals surface area contributed by atoms with Crippen molar-refractivity contribution < 1.29 is 14.3 Å². The summed E-state index contributed by atoms with van der Waals surface area (Å²) in [5.41, 5.74) is 3.06. The van der Waals surface area contributed by atoms with E-state index in [1.54, 1.807) is 0 Å². The predicted molar refractivity (Wildman–Crippen MR) is 97.3 cm³/mol. The molecule has 24 heavy (non-hydrogen) atoms. The molecule has 3 rings (SSSR count). The number of amides is 1. The molecule has 4 nitrogen and oxygen atoms in total. The molecule has 0 aliphatic carbocycles. The van der Waals surface area contributed by atoms with E-state index in [-0.39, 0.29) is 11.2 Å². The van der Waals surface area contributed by atoms with E-state index in [0.29, 0.717) is 13.2 Å². The summed E-state index contributed by atoms with van der Waals surface area (Å²) in [6.45, 7) is 7.05. The van der Waals surface area contributed by atoms with Crippen LogP contribution >= 0.6 is 11.8 Å². The van der Waals surface area contributed by atoms with Crippen LogP contribution in [0.3, 0.4) is 0 Å². The second-order valence-corrected chi connectivity index (χ2v) is 7.29. The van der Waals surface area contributed by atoms with Crippen molar-refractivity contribution in [2.75, 3.05) is 18.5 Å². The van der Waals surface area contributed by atoms with Crippen LogP contribution in [0.5, 0.6) is 11.5 Å². The van der Waals surface area contributed by atoms with Gasteiger partial charge in [0.2, 0.25) is 5.91 Å². The van der Waals surface area contributed by atoms with E-state index in [1.165, 1.54) is 11.8 Å². The maximum atomic E-state index is 12.5. The molecule has 0 aromatic heterocycles. The molecule has 0 spiro atoms. The third-order valence-corrected chi connectivity index (χ3v) is 4.94. The van der Waals surface area contributed by atoms with E-state index < -0.39 is 0 Å². The van der Waals surface area contributed by atoms with Gasteiger partial charge in [-0.1, -0.05) is 12.1 Å². The zero-order valence-corrected chi connectivity index (χ0v) is 14.9. The van der Waals surface area contributed by atoms with E-state index >= 15 is 0 Å². The number of aryl methyl sites for hydroxylation is 2. The van der Waals surface area contributed by atoms with Crippen LogP contribution in [0.4, 0.5) is 5.69 Å². The quantitative estimate of drug-likeness (QED) is 0.846. The summed E-state index contributed by atoms with van der Waals surface area (Å²) in [4.78, 5) is 13.5. The lowest BCUT2D eigenvalue weighted by atomic mass is 10.1. The Morgan fingerprint density at radius 1 is 1.08 bits per heavy atom. The summed E-state index contributed by atoms with van der Waals surface area (Å²) < 4.78 is 11.1. The van der Waals surface area contributed by atoms with Gasteiger partial charge in [0.1, 0.15) is 13.2 Å². The molecule has 1 aliphatic heterocycles. The first-order valence-corrected chi connectivity index (χ1v) is 8.85. The van der Waals surface area contributed by atoms with Crippen molar-refractivity contribution in [3.8, 4) is 11.5 Å². The van der Waals surface area contributed by atoms with Crippen molar-refractivity contribution in [3.05, 3.63) is 47.5 Å². The van der Waals surface area contributed by atoms with E-state index in [1.807, 2.05) is 57.2 Å². The minimum absolute atomic E-state index is 0.0106. The number of thioether (sulfide) groups is 1. The Hall–Kier alpha value is -2.14. The standard InChI is InChI=1S/C19H21NO3S/c1-12-4-5-13(2)16(10-12)20-19(21)14(3)24-15-6-7-17-18(11-15)23-9-8-22-17/h4-7,10-11,14H,8-9H2,1-3H3,(H,20,21). The van der Waals surface area contributed by atoms with Gasteiger partial charge in [-0.25, -0.2) is 0 Å². The third kappa shape index (κ3) is 3.85. The summed E-state index contributed by atoms with van der Waals surface area (Å²) >= 11 is 1.51. The predicted octanol–water partition coefficient (Wildman–Crippen LogP) is 4.19. The van der Waals surface area contributed by atoms with Crippen LogP contribution in [0, 0.1) is 13.8 Å². The molecule has 1 N–H and O–H groups in total. The van der Waals surface area contributed by atoms with Gasteiger partial charge >= 0.3 is 0 Å². The van der Waals surface area contributed by atoms with Gasteiger partial charge in [0, 0.05) is 10.6 Å². The molecule has 126 valence electrons. The molecular formula is C19H21NO3S. The van der Waals surface area contributed by atoms with Gasteiger partial charge in [0.15, 0.2) is 11.5 Å². The highest BCUT2D eigenvalue weighted by Crippen LogP contribution is 2.35. The minimum Gasteiger partial charge on any atom is -0.486 e. The summed E-state index contributed by atoms with van der Waals surface area (Å²) in [7, 11) is 0. The van der Waals surface area contributed by atoms with Gasteiger partial charge in [-0.15, -0.1) is 11.8 Å². The number of hydrogen-bond acceptors (Lipinski definition) is 4. The lowest BCUT2D eigenvalue weighted by Gasteiger charge is -2.19. The zero-order valence-electron chi connectivity index (χ0n) is 14.1. The van der Waals surface area contributed by atoms with Crippen molar-refractivity contribution in [1.82, 2.24) is 0 Å². The zero-order chi connectivity index (χ0) is 17.1. The summed E-state index contributed by atoms with van der Waals surface area (Å²) in [5.74, 6) is 1.50. The number of benzene rings is 2.